The van der Waals surface area contributed by atoms with Crippen molar-refractivity contribution in [2.75, 3.05) is 10.6 Å². The number of anilines is 4. The Hall–Kier alpha value is -3.40. The van der Waals surface area contributed by atoms with Gasteiger partial charge in [-0.15, -0.1) is 0 Å². The highest BCUT2D eigenvalue weighted by Crippen LogP contribution is 2.27. The zero-order valence-corrected chi connectivity index (χ0v) is 14.9. The van der Waals surface area contributed by atoms with Crippen LogP contribution in [0.25, 0.3) is 10.8 Å². The Kier molecular flexibility index (Phi) is 3.94. The van der Waals surface area contributed by atoms with Gasteiger partial charge in [0.05, 0.1) is 0 Å². The molecule has 5 rings (SSSR count). The maximum Gasteiger partial charge on any atom is 0.229 e. The molecule has 1 aliphatic carbocycles. The molecule has 27 heavy (non-hydrogen) atoms. The molecule has 0 aliphatic heterocycles. The standard InChI is InChI=1S/C23H20N4/c1-2-5-18-15-21(11-9-16(18)4-1)26-23-24-13-12-22(27-23)25-20-10-8-17-6-3-7-19(17)14-20/h1-2,4-5,8-15H,3,6-7H2,(H2,24,25,26,27). The monoisotopic (exact) mass is 352 g/mol. The van der Waals surface area contributed by atoms with E-state index in [1.54, 1.807) is 6.20 Å². The topological polar surface area (TPSA) is 49.8 Å². The smallest absolute Gasteiger partial charge is 0.229 e. The summed E-state index contributed by atoms with van der Waals surface area (Å²) in [6.07, 6.45) is 5.39. The molecule has 4 heteroatoms. The molecule has 0 fully saturated rings. The molecule has 1 aromatic heterocycles. The molecule has 1 heterocycles. The molecule has 0 radical (unpaired) electrons. The molecule has 132 valence electrons. The zero-order chi connectivity index (χ0) is 18.1. The van der Waals surface area contributed by atoms with Crippen LogP contribution in [0.1, 0.15) is 17.5 Å². The van der Waals surface area contributed by atoms with Crippen LogP contribution in [-0.4, -0.2) is 9.97 Å². The van der Waals surface area contributed by atoms with Crippen LogP contribution < -0.4 is 10.6 Å². The average Bonchev–Trinajstić information content (AvgIpc) is 3.16. The van der Waals surface area contributed by atoms with Gasteiger partial charge >= 0.3 is 0 Å². The van der Waals surface area contributed by atoms with Crippen LogP contribution in [0, 0.1) is 0 Å². The lowest BCUT2D eigenvalue weighted by Crippen LogP contribution is -2.00. The maximum atomic E-state index is 4.60. The minimum Gasteiger partial charge on any atom is -0.340 e. The van der Waals surface area contributed by atoms with Crippen molar-refractivity contribution in [1.29, 1.82) is 0 Å². The molecule has 0 atom stereocenters. The Balaban J connectivity index is 1.36. The summed E-state index contributed by atoms with van der Waals surface area (Å²) >= 11 is 0. The van der Waals surface area contributed by atoms with Gasteiger partial charge in [-0.25, -0.2) is 4.98 Å². The molecular weight excluding hydrogens is 332 g/mol. The number of hydrogen-bond donors (Lipinski definition) is 2. The van der Waals surface area contributed by atoms with Crippen LogP contribution in [0.2, 0.25) is 0 Å². The Morgan fingerprint density at radius 3 is 2.48 bits per heavy atom. The highest BCUT2D eigenvalue weighted by atomic mass is 15.1. The SMILES string of the molecule is c1ccc2cc(Nc3nccc(Nc4ccc5c(c4)CCC5)n3)ccc2c1. The third-order valence-electron chi connectivity index (χ3n) is 5.03. The van der Waals surface area contributed by atoms with Crippen molar-refractivity contribution in [3.8, 4) is 0 Å². The number of aromatic nitrogens is 2. The van der Waals surface area contributed by atoms with E-state index in [0.717, 1.165) is 17.2 Å². The average molecular weight is 352 g/mol. The third kappa shape index (κ3) is 3.34. The minimum atomic E-state index is 0.580. The summed E-state index contributed by atoms with van der Waals surface area (Å²) in [5.74, 6) is 1.36. The van der Waals surface area contributed by atoms with Crippen molar-refractivity contribution in [2.24, 2.45) is 0 Å². The maximum absolute atomic E-state index is 4.60. The second-order valence-electron chi connectivity index (χ2n) is 6.91. The molecule has 0 bridgehead atoms. The van der Waals surface area contributed by atoms with E-state index in [-0.39, 0.29) is 0 Å². The number of rotatable bonds is 4. The van der Waals surface area contributed by atoms with Crippen molar-refractivity contribution in [1.82, 2.24) is 9.97 Å². The Labute approximate surface area is 158 Å². The van der Waals surface area contributed by atoms with Gasteiger partial charge in [-0.1, -0.05) is 36.4 Å². The summed E-state index contributed by atoms with van der Waals surface area (Å²) in [5.41, 5.74) is 4.97. The molecule has 0 saturated heterocycles. The summed E-state index contributed by atoms with van der Waals surface area (Å²) in [7, 11) is 0. The highest BCUT2D eigenvalue weighted by molar-refractivity contribution is 5.86. The molecule has 0 amide bonds. The molecule has 0 saturated carbocycles. The van der Waals surface area contributed by atoms with E-state index in [0.29, 0.717) is 5.95 Å². The van der Waals surface area contributed by atoms with E-state index in [4.69, 9.17) is 0 Å². The Morgan fingerprint density at radius 1 is 0.704 bits per heavy atom. The zero-order valence-electron chi connectivity index (χ0n) is 14.9. The highest BCUT2D eigenvalue weighted by Gasteiger charge is 2.11. The van der Waals surface area contributed by atoms with Gasteiger partial charge in [-0.05, 0) is 71.5 Å². The minimum absolute atomic E-state index is 0.580. The molecule has 4 aromatic rings. The molecule has 1 aliphatic rings. The molecule has 3 aromatic carbocycles. The summed E-state index contributed by atoms with van der Waals surface area (Å²) in [5, 5.41) is 9.11. The molecule has 2 N–H and O–H groups in total. The fraction of sp³-hybridized carbons (Fsp3) is 0.130. The fourth-order valence-electron chi connectivity index (χ4n) is 3.68. The molecular formula is C23H20N4. The van der Waals surface area contributed by atoms with E-state index >= 15 is 0 Å². The van der Waals surface area contributed by atoms with Crippen LogP contribution in [0.4, 0.5) is 23.1 Å². The molecule has 0 spiro atoms. The largest absolute Gasteiger partial charge is 0.340 e. The van der Waals surface area contributed by atoms with Crippen molar-refractivity contribution in [3.63, 3.8) is 0 Å². The second kappa shape index (κ2) is 6.72. The normalized spacial score (nSPS) is 12.7. The van der Waals surface area contributed by atoms with Crippen molar-refractivity contribution < 1.29 is 0 Å². The van der Waals surface area contributed by atoms with Gasteiger partial charge in [0.1, 0.15) is 5.82 Å². The first-order chi connectivity index (χ1) is 13.3. The van der Waals surface area contributed by atoms with Crippen LogP contribution >= 0.6 is 0 Å². The lowest BCUT2D eigenvalue weighted by atomic mass is 10.1. The van der Waals surface area contributed by atoms with Crippen LogP contribution in [0.3, 0.4) is 0 Å². The van der Waals surface area contributed by atoms with Crippen LogP contribution in [0.5, 0.6) is 0 Å². The van der Waals surface area contributed by atoms with Gasteiger partial charge in [-0.3, -0.25) is 0 Å². The number of nitrogens with zero attached hydrogens (tertiary/aromatic N) is 2. The van der Waals surface area contributed by atoms with Gasteiger partial charge in [0.25, 0.3) is 0 Å². The van der Waals surface area contributed by atoms with E-state index in [2.05, 4.69) is 63.1 Å². The number of benzene rings is 3. The first-order valence-corrected chi connectivity index (χ1v) is 9.31. The van der Waals surface area contributed by atoms with E-state index in [1.165, 1.54) is 41.2 Å². The predicted molar refractivity (Wildman–Crippen MR) is 111 cm³/mol. The van der Waals surface area contributed by atoms with Crippen molar-refractivity contribution in [2.45, 2.75) is 19.3 Å². The Morgan fingerprint density at radius 2 is 1.52 bits per heavy atom. The summed E-state index contributed by atoms with van der Waals surface area (Å²) in [4.78, 5) is 8.96. The van der Waals surface area contributed by atoms with Crippen molar-refractivity contribution in [3.05, 3.63) is 84.1 Å². The fourth-order valence-corrected chi connectivity index (χ4v) is 3.68. The molecule has 4 nitrogen and oxygen atoms in total. The lowest BCUT2D eigenvalue weighted by Gasteiger charge is -2.10. The lowest BCUT2D eigenvalue weighted by molar-refractivity contribution is 0.912. The second-order valence-corrected chi connectivity index (χ2v) is 6.91. The van der Waals surface area contributed by atoms with E-state index in [1.807, 2.05) is 24.3 Å². The van der Waals surface area contributed by atoms with Gasteiger partial charge in [0, 0.05) is 17.6 Å². The number of fused-ring (bicyclic) bond motifs is 2. The van der Waals surface area contributed by atoms with Crippen LogP contribution in [0.15, 0.2) is 72.9 Å². The summed E-state index contributed by atoms with van der Waals surface area (Å²) in [6.45, 7) is 0. The van der Waals surface area contributed by atoms with Gasteiger partial charge in [0.2, 0.25) is 5.95 Å². The first kappa shape index (κ1) is 15.8. The Bertz CT molecular complexity index is 1120. The number of hydrogen-bond acceptors (Lipinski definition) is 4. The predicted octanol–water partition coefficient (Wildman–Crippen LogP) is 5.61. The summed E-state index contributed by atoms with van der Waals surface area (Å²) < 4.78 is 0. The first-order valence-electron chi connectivity index (χ1n) is 9.31. The van der Waals surface area contributed by atoms with Gasteiger partial charge in [-0.2, -0.15) is 4.98 Å². The van der Waals surface area contributed by atoms with Gasteiger partial charge in [0.15, 0.2) is 0 Å². The van der Waals surface area contributed by atoms with Crippen molar-refractivity contribution >= 4 is 33.9 Å². The van der Waals surface area contributed by atoms with E-state index < -0.39 is 0 Å². The number of aryl methyl sites for hydroxylation is 2. The molecule has 0 unspecified atom stereocenters. The summed E-state index contributed by atoms with van der Waals surface area (Å²) in [6, 6.07) is 23.0. The number of nitrogens with one attached hydrogen (secondary N) is 2. The third-order valence-corrected chi connectivity index (χ3v) is 5.03. The van der Waals surface area contributed by atoms with Gasteiger partial charge < -0.3 is 10.6 Å². The van der Waals surface area contributed by atoms with Crippen LogP contribution in [-0.2, 0) is 12.8 Å². The van der Waals surface area contributed by atoms with E-state index in [9.17, 15) is 0 Å². The quantitative estimate of drug-likeness (QED) is 0.501.